The van der Waals surface area contributed by atoms with Crippen LogP contribution in [0.4, 0.5) is 8.78 Å². The maximum Gasteiger partial charge on any atom is 0.226 e. The Hall–Kier alpha value is -2.91. The van der Waals surface area contributed by atoms with Crippen molar-refractivity contribution in [3.63, 3.8) is 0 Å². The number of carbonyl (C=O) groups is 3. The molecular formula is C29H32ClF2N3O4. The van der Waals surface area contributed by atoms with Crippen molar-refractivity contribution in [1.29, 1.82) is 0 Å². The molecular weight excluding hydrogens is 528 g/mol. The van der Waals surface area contributed by atoms with Gasteiger partial charge in [0.2, 0.25) is 11.8 Å². The highest BCUT2D eigenvalue weighted by atomic mass is 35.5. The first-order valence-corrected chi connectivity index (χ1v) is 13.6. The number of nitrogens with one attached hydrogen (secondary N) is 1. The van der Waals surface area contributed by atoms with E-state index in [0.29, 0.717) is 36.6 Å². The number of rotatable bonds is 4. The topological polar surface area (TPSA) is 88.6 Å². The number of ketones is 1. The number of ether oxygens (including phenoxy) is 1. The molecule has 0 bridgehead atoms. The fourth-order valence-electron chi connectivity index (χ4n) is 6.48. The third-order valence-corrected chi connectivity index (χ3v) is 8.72. The molecule has 2 amide bonds. The maximum atomic E-state index is 14.6. The zero-order valence-corrected chi connectivity index (χ0v) is 23.2. The third kappa shape index (κ3) is 4.95. The summed E-state index contributed by atoms with van der Waals surface area (Å²) in [7, 11) is 0. The van der Waals surface area contributed by atoms with Gasteiger partial charge < -0.3 is 15.0 Å². The van der Waals surface area contributed by atoms with Gasteiger partial charge >= 0.3 is 0 Å². The summed E-state index contributed by atoms with van der Waals surface area (Å²) in [5.74, 6) is -3.27. The molecule has 1 saturated heterocycles. The number of amides is 2. The highest BCUT2D eigenvalue weighted by molar-refractivity contribution is 6.31. The minimum Gasteiger partial charge on any atom is -0.358 e. The number of likely N-dealkylation sites (tertiary alicyclic amines) is 1. The second-order valence-electron chi connectivity index (χ2n) is 11.5. The molecule has 1 aromatic carbocycles. The average Bonchev–Trinajstić information content (AvgIpc) is 3.37. The third-order valence-electron chi connectivity index (χ3n) is 8.33. The van der Waals surface area contributed by atoms with E-state index >= 15 is 0 Å². The van der Waals surface area contributed by atoms with Crippen LogP contribution in [0.15, 0.2) is 24.3 Å². The number of hydrogen-bond acceptors (Lipinski definition) is 5. The van der Waals surface area contributed by atoms with Crippen molar-refractivity contribution in [3.05, 3.63) is 63.4 Å². The lowest BCUT2D eigenvalue weighted by Crippen LogP contribution is -2.50. The van der Waals surface area contributed by atoms with E-state index in [9.17, 15) is 23.2 Å². The monoisotopic (exact) mass is 559 g/mol. The molecule has 3 atom stereocenters. The Kier molecular flexibility index (Phi) is 7.04. The highest BCUT2D eigenvalue weighted by Gasteiger charge is 2.53. The van der Waals surface area contributed by atoms with Crippen molar-refractivity contribution in [2.24, 2.45) is 5.92 Å². The van der Waals surface area contributed by atoms with E-state index in [0.717, 1.165) is 23.4 Å². The van der Waals surface area contributed by atoms with E-state index < -0.39 is 40.7 Å². The Labute approximate surface area is 231 Å². The van der Waals surface area contributed by atoms with Crippen LogP contribution < -0.4 is 5.32 Å². The summed E-state index contributed by atoms with van der Waals surface area (Å²) in [6, 6.07) is 5.13. The van der Waals surface area contributed by atoms with Crippen LogP contribution in [-0.4, -0.2) is 46.1 Å². The number of aromatic nitrogens is 1. The van der Waals surface area contributed by atoms with E-state index in [1.54, 1.807) is 4.90 Å². The standard InChI is InChI=1S/C29H32ClF2N3O4/c1-15-23(30)14-22-25(33-15)29(39-26(22)28(3,4)34-16(2)36)7-9-35(10-8-29)27(38)21-13-18(37)12-20(21)19-6-5-17(31)11-24(19)32/h5-6,11,14,20-21,26H,7-10,12-13H2,1-4H3,(H,34,36)/t20-,21?,26?/m0/s1. The van der Waals surface area contributed by atoms with Crippen LogP contribution in [0.25, 0.3) is 0 Å². The first-order valence-electron chi connectivity index (χ1n) is 13.2. The summed E-state index contributed by atoms with van der Waals surface area (Å²) in [4.78, 5) is 44.5. The van der Waals surface area contributed by atoms with E-state index in [4.69, 9.17) is 21.3 Å². The number of carbonyl (C=O) groups excluding carboxylic acids is 3. The molecule has 208 valence electrons. The van der Waals surface area contributed by atoms with Crippen LogP contribution in [0.1, 0.15) is 81.0 Å². The molecule has 2 fully saturated rings. The number of halogens is 3. The molecule has 1 saturated carbocycles. The van der Waals surface area contributed by atoms with Crippen molar-refractivity contribution in [2.45, 2.75) is 76.5 Å². The molecule has 3 heterocycles. The van der Waals surface area contributed by atoms with E-state index in [-0.39, 0.29) is 36.0 Å². The van der Waals surface area contributed by atoms with Gasteiger partial charge in [-0.05, 0) is 51.3 Å². The molecule has 5 rings (SSSR count). The van der Waals surface area contributed by atoms with Crippen molar-refractivity contribution in [3.8, 4) is 0 Å². The number of aryl methyl sites for hydroxylation is 1. The van der Waals surface area contributed by atoms with Crippen LogP contribution in [0.2, 0.25) is 5.02 Å². The van der Waals surface area contributed by atoms with Gasteiger partial charge in [-0.15, -0.1) is 0 Å². The van der Waals surface area contributed by atoms with Gasteiger partial charge in [-0.3, -0.25) is 19.4 Å². The smallest absolute Gasteiger partial charge is 0.226 e. The van der Waals surface area contributed by atoms with Gasteiger partial charge in [-0.25, -0.2) is 8.78 Å². The summed E-state index contributed by atoms with van der Waals surface area (Å²) >= 11 is 6.44. The Morgan fingerprint density at radius 3 is 2.49 bits per heavy atom. The number of fused-ring (bicyclic) bond motifs is 2. The fraction of sp³-hybridized carbons (Fsp3) is 0.517. The predicted molar refractivity (Wildman–Crippen MR) is 140 cm³/mol. The van der Waals surface area contributed by atoms with E-state index in [2.05, 4.69) is 5.32 Å². The predicted octanol–water partition coefficient (Wildman–Crippen LogP) is 4.89. The summed E-state index contributed by atoms with van der Waals surface area (Å²) in [6.07, 6.45) is 0.512. The van der Waals surface area contributed by atoms with Gasteiger partial charge in [-0.1, -0.05) is 17.7 Å². The minimum atomic E-state index is -0.768. The molecule has 2 aromatic rings. The van der Waals surface area contributed by atoms with Gasteiger partial charge in [0, 0.05) is 50.4 Å². The van der Waals surface area contributed by atoms with Gasteiger partial charge in [-0.2, -0.15) is 0 Å². The second-order valence-corrected chi connectivity index (χ2v) is 11.9. The normalized spacial score (nSPS) is 24.2. The molecule has 1 aliphatic carbocycles. The summed E-state index contributed by atoms with van der Waals surface area (Å²) in [5.41, 5.74) is 0.939. The SMILES string of the molecule is CC(=O)NC(C)(C)C1OC2(CCN(C(=O)C3CC(=O)C[C@H]3c3ccc(F)cc3F)CC2)c2nc(C)c(Cl)cc21. The quantitative estimate of drug-likeness (QED) is 0.576. The number of hydrogen-bond donors (Lipinski definition) is 1. The Balaban J connectivity index is 1.38. The lowest BCUT2D eigenvalue weighted by molar-refractivity contribution is -0.154. The number of Topliss-reactive ketones (excluding diaryl/α,β-unsaturated/α-hetero) is 1. The molecule has 1 aromatic heterocycles. The number of piperidine rings is 1. The molecule has 2 unspecified atom stereocenters. The average molecular weight is 560 g/mol. The minimum absolute atomic E-state index is 0.0352. The molecule has 2 aliphatic heterocycles. The molecule has 10 heteroatoms. The van der Waals surface area contributed by atoms with Crippen molar-refractivity contribution in [2.75, 3.05) is 13.1 Å². The van der Waals surface area contributed by atoms with Crippen molar-refractivity contribution < 1.29 is 27.9 Å². The maximum absolute atomic E-state index is 14.6. The van der Waals surface area contributed by atoms with E-state index in [1.807, 2.05) is 26.8 Å². The van der Waals surface area contributed by atoms with Crippen molar-refractivity contribution >= 4 is 29.2 Å². The van der Waals surface area contributed by atoms with Gasteiger partial charge in [0.1, 0.15) is 29.1 Å². The van der Waals surface area contributed by atoms with Crippen LogP contribution in [0.3, 0.4) is 0 Å². The Morgan fingerprint density at radius 1 is 1.15 bits per heavy atom. The molecule has 1 spiro atoms. The summed E-state index contributed by atoms with van der Waals surface area (Å²) in [5, 5.41) is 3.48. The number of pyridine rings is 1. The van der Waals surface area contributed by atoms with Gasteiger partial charge in [0.15, 0.2) is 0 Å². The molecule has 3 aliphatic rings. The Bertz CT molecular complexity index is 1360. The number of nitrogens with zero attached hydrogens (tertiary/aromatic N) is 2. The zero-order chi connectivity index (χ0) is 28.3. The van der Waals surface area contributed by atoms with Crippen LogP contribution in [-0.2, 0) is 24.7 Å². The zero-order valence-electron chi connectivity index (χ0n) is 22.4. The van der Waals surface area contributed by atoms with Gasteiger partial charge in [0.05, 0.1) is 27.9 Å². The largest absolute Gasteiger partial charge is 0.358 e. The molecule has 39 heavy (non-hydrogen) atoms. The number of benzene rings is 1. The lowest BCUT2D eigenvalue weighted by Gasteiger charge is -2.42. The van der Waals surface area contributed by atoms with Crippen LogP contribution in [0.5, 0.6) is 0 Å². The van der Waals surface area contributed by atoms with Crippen LogP contribution in [0, 0.1) is 24.5 Å². The first kappa shape index (κ1) is 27.6. The molecule has 1 N–H and O–H groups in total. The lowest BCUT2D eigenvalue weighted by atomic mass is 9.83. The van der Waals surface area contributed by atoms with Gasteiger partial charge in [0.25, 0.3) is 0 Å². The summed E-state index contributed by atoms with van der Waals surface area (Å²) in [6.45, 7) is 7.78. The van der Waals surface area contributed by atoms with Crippen molar-refractivity contribution in [1.82, 2.24) is 15.2 Å². The highest BCUT2D eigenvalue weighted by Crippen LogP contribution is 2.53. The summed E-state index contributed by atoms with van der Waals surface area (Å²) < 4.78 is 34.8. The van der Waals surface area contributed by atoms with Crippen LogP contribution >= 0.6 is 11.6 Å². The fourth-order valence-corrected chi connectivity index (χ4v) is 6.64. The Morgan fingerprint density at radius 2 is 1.85 bits per heavy atom. The first-order chi connectivity index (χ1) is 18.3. The van der Waals surface area contributed by atoms with E-state index in [1.165, 1.54) is 13.0 Å². The molecule has 0 radical (unpaired) electrons. The molecule has 7 nitrogen and oxygen atoms in total. The second kappa shape index (κ2) is 9.93.